The topological polar surface area (TPSA) is 121 Å². The molecule has 0 unspecified atom stereocenters. The Hall–Kier alpha value is -3.23. The van der Waals surface area contributed by atoms with E-state index in [0.29, 0.717) is 53.4 Å². The molecule has 1 aliphatic heterocycles. The fourth-order valence-electron chi connectivity index (χ4n) is 3.08. The van der Waals surface area contributed by atoms with Crippen molar-refractivity contribution < 1.29 is 10.5 Å². The summed E-state index contributed by atoms with van der Waals surface area (Å²) in [6.07, 6.45) is 2.15. The number of hydrogen-bond donors (Lipinski definition) is 4. The number of halogens is 2. The molecule has 0 aliphatic carbocycles. The molecule has 0 amide bonds. The zero-order valence-corrected chi connectivity index (χ0v) is 14.9. The highest BCUT2D eigenvalue weighted by molar-refractivity contribution is 6.15. The fourth-order valence-corrected chi connectivity index (χ4v) is 3.08. The normalized spacial score (nSPS) is 16.9. The first kappa shape index (κ1) is 20.1. The maximum atomic E-state index is 13.5. The van der Waals surface area contributed by atoms with E-state index in [4.69, 9.17) is 22.3 Å². The predicted octanol–water partition coefficient (Wildman–Crippen LogP) is 2.31. The van der Waals surface area contributed by atoms with Crippen LogP contribution in [0.5, 0.6) is 0 Å². The van der Waals surface area contributed by atoms with Crippen molar-refractivity contribution in [2.45, 2.75) is 12.6 Å². The molecule has 146 valence electrons. The number of anilines is 2. The summed E-state index contributed by atoms with van der Waals surface area (Å²) < 4.78 is 15.1. The zero-order valence-electron chi connectivity index (χ0n) is 14.9. The van der Waals surface area contributed by atoms with Crippen molar-refractivity contribution in [3.63, 3.8) is 0 Å². The van der Waals surface area contributed by atoms with Gasteiger partial charge in [0.15, 0.2) is 5.82 Å². The van der Waals surface area contributed by atoms with Crippen LogP contribution in [0.15, 0.2) is 30.5 Å². The number of nitrogens with two attached hydrogens (primary N) is 2. The number of hydrogen-bond acceptors (Lipinski definition) is 6. The molecule has 6 N–H and O–H groups in total. The van der Waals surface area contributed by atoms with Crippen LogP contribution in [0.1, 0.15) is 24.7 Å². The van der Waals surface area contributed by atoms with E-state index in [2.05, 4.69) is 5.10 Å². The molecular weight excluding hydrogens is 352 g/mol. The van der Waals surface area contributed by atoms with Crippen LogP contribution in [0.3, 0.4) is 0 Å². The minimum absolute atomic E-state index is 0. The number of benzene rings is 1. The summed E-state index contributed by atoms with van der Waals surface area (Å²) in [5.41, 5.74) is 14.6. The second-order valence-electron chi connectivity index (χ2n) is 6.29. The molecule has 2 heterocycles. The quantitative estimate of drug-likeness (QED) is 0.472. The SMILES string of the molecule is Cn1nc(N2CC[C@@H](F)C2)cc1C(=N)c1cc(/C(C=N)=C/N)ccc1N.F.[HH]. The molecular formula is C18H25F2N7. The van der Waals surface area contributed by atoms with Crippen molar-refractivity contribution in [1.82, 2.24) is 9.78 Å². The fraction of sp³-hybridized carbons (Fsp3) is 0.278. The van der Waals surface area contributed by atoms with E-state index in [1.807, 2.05) is 4.90 Å². The third-order valence-corrected chi connectivity index (χ3v) is 4.57. The first-order valence-electron chi connectivity index (χ1n) is 8.29. The molecule has 1 fully saturated rings. The van der Waals surface area contributed by atoms with Crippen LogP contribution in [-0.4, -0.2) is 41.0 Å². The Balaban J connectivity index is 0.00000196. The molecule has 9 heteroatoms. The van der Waals surface area contributed by atoms with Gasteiger partial charge in [-0.1, -0.05) is 6.07 Å². The van der Waals surface area contributed by atoms with Crippen LogP contribution in [0, 0.1) is 10.8 Å². The molecule has 1 aromatic carbocycles. The average molecular weight is 377 g/mol. The number of nitrogen functional groups attached to an aromatic ring is 1. The first-order valence-corrected chi connectivity index (χ1v) is 8.29. The molecule has 3 rings (SSSR count). The van der Waals surface area contributed by atoms with Gasteiger partial charge in [0.05, 0.1) is 18.0 Å². The molecule has 0 radical (unpaired) electrons. The Labute approximate surface area is 157 Å². The Morgan fingerprint density at radius 3 is 2.74 bits per heavy atom. The van der Waals surface area contributed by atoms with E-state index in [-0.39, 0.29) is 11.8 Å². The van der Waals surface area contributed by atoms with Gasteiger partial charge in [-0.15, -0.1) is 0 Å². The summed E-state index contributed by atoms with van der Waals surface area (Å²) in [6, 6.07) is 6.97. The maximum absolute atomic E-state index is 13.5. The number of nitrogens with zero attached hydrogens (tertiary/aromatic N) is 3. The van der Waals surface area contributed by atoms with Crippen LogP contribution in [0.4, 0.5) is 20.6 Å². The standard InChI is InChI=1S/C18H22FN7.FH.H2/c1-25-16(7-17(24-25)26-5-4-13(19)10-26)18(23)14-6-11(2-3-15(14)22)12(8-20)9-21;;/h2-3,6-9,13,20,23H,4-5,10,21-22H2,1H3;2*1H/b12-9+,20-8?,23-18?;;/t13-;;/m1../s1. The molecule has 1 saturated heterocycles. The summed E-state index contributed by atoms with van der Waals surface area (Å²) >= 11 is 0. The van der Waals surface area contributed by atoms with Gasteiger partial charge in [0.25, 0.3) is 0 Å². The van der Waals surface area contributed by atoms with Crippen molar-refractivity contribution in [1.29, 1.82) is 10.8 Å². The second kappa shape index (κ2) is 7.98. The Morgan fingerprint density at radius 1 is 1.41 bits per heavy atom. The van der Waals surface area contributed by atoms with Crippen LogP contribution < -0.4 is 16.4 Å². The van der Waals surface area contributed by atoms with E-state index >= 15 is 0 Å². The number of rotatable bonds is 5. The molecule has 0 spiro atoms. The highest BCUT2D eigenvalue weighted by Gasteiger charge is 2.25. The molecule has 27 heavy (non-hydrogen) atoms. The third-order valence-electron chi connectivity index (χ3n) is 4.57. The molecule has 7 nitrogen and oxygen atoms in total. The number of alkyl halides is 1. The van der Waals surface area contributed by atoms with Crippen LogP contribution in [0.2, 0.25) is 0 Å². The van der Waals surface area contributed by atoms with Gasteiger partial charge in [0, 0.05) is 50.3 Å². The van der Waals surface area contributed by atoms with Crippen molar-refractivity contribution >= 4 is 29.0 Å². The zero-order chi connectivity index (χ0) is 18.8. The summed E-state index contributed by atoms with van der Waals surface area (Å²) in [5.74, 6) is 0.657. The second-order valence-corrected chi connectivity index (χ2v) is 6.29. The van der Waals surface area contributed by atoms with Crippen LogP contribution >= 0.6 is 0 Å². The van der Waals surface area contributed by atoms with Crippen molar-refractivity contribution in [3.05, 3.63) is 47.3 Å². The Kier molecular flexibility index (Phi) is 5.94. The monoisotopic (exact) mass is 377 g/mol. The van der Waals surface area contributed by atoms with Crippen molar-refractivity contribution in [2.24, 2.45) is 12.8 Å². The van der Waals surface area contributed by atoms with Gasteiger partial charge in [-0.3, -0.25) is 14.8 Å². The van der Waals surface area contributed by atoms with E-state index in [0.717, 1.165) is 6.21 Å². The van der Waals surface area contributed by atoms with Gasteiger partial charge in [0.1, 0.15) is 6.17 Å². The molecule has 1 aromatic heterocycles. The summed E-state index contributed by atoms with van der Waals surface area (Å²) in [6.45, 7) is 0.942. The smallest absolute Gasteiger partial charge is 0.151 e. The average Bonchev–Trinajstić information content (AvgIpc) is 3.22. The van der Waals surface area contributed by atoms with Gasteiger partial charge in [-0.2, -0.15) is 5.10 Å². The summed E-state index contributed by atoms with van der Waals surface area (Å²) in [7, 11) is 1.75. The first-order chi connectivity index (χ1) is 12.4. The number of aryl methyl sites for hydroxylation is 1. The molecule has 1 aliphatic rings. The lowest BCUT2D eigenvalue weighted by molar-refractivity contribution is 0.364. The lowest BCUT2D eigenvalue weighted by atomic mass is 9.99. The Morgan fingerprint density at radius 2 is 2.15 bits per heavy atom. The lowest BCUT2D eigenvalue weighted by Crippen LogP contribution is -2.20. The number of nitrogens with one attached hydrogen (secondary N) is 2. The van der Waals surface area contributed by atoms with Crippen LogP contribution in [0.25, 0.3) is 5.57 Å². The van der Waals surface area contributed by atoms with E-state index in [9.17, 15) is 4.39 Å². The van der Waals surface area contributed by atoms with Crippen molar-refractivity contribution in [3.8, 4) is 0 Å². The summed E-state index contributed by atoms with van der Waals surface area (Å²) in [5, 5.41) is 20.4. The van der Waals surface area contributed by atoms with E-state index in [1.165, 1.54) is 6.20 Å². The van der Waals surface area contributed by atoms with Gasteiger partial charge in [-0.25, -0.2) is 4.39 Å². The number of aromatic nitrogens is 2. The predicted molar refractivity (Wildman–Crippen MR) is 107 cm³/mol. The largest absolute Gasteiger partial charge is 0.404 e. The van der Waals surface area contributed by atoms with E-state index in [1.54, 1.807) is 36.0 Å². The molecule has 2 aromatic rings. The highest BCUT2D eigenvalue weighted by atomic mass is 19.1. The minimum atomic E-state index is -0.838. The lowest BCUT2D eigenvalue weighted by Gasteiger charge is -2.12. The molecule has 0 saturated carbocycles. The van der Waals surface area contributed by atoms with Gasteiger partial charge in [0.2, 0.25) is 0 Å². The molecule has 0 bridgehead atoms. The Bertz CT molecular complexity index is 894. The van der Waals surface area contributed by atoms with E-state index < -0.39 is 6.17 Å². The third kappa shape index (κ3) is 3.81. The van der Waals surface area contributed by atoms with Gasteiger partial charge in [-0.05, 0) is 24.1 Å². The number of allylic oxidation sites excluding steroid dienone is 1. The van der Waals surface area contributed by atoms with Gasteiger partial charge < -0.3 is 21.8 Å². The van der Waals surface area contributed by atoms with Crippen LogP contribution in [-0.2, 0) is 7.05 Å². The minimum Gasteiger partial charge on any atom is -0.404 e. The summed E-state index contributed by atoms with van der Waals surface area (Å²) in [4.78, 5) is 1.88. The molecule has 1 atom stereocenters. The maximum Gasteiger partial charge on any atom is 0.151 e. The van der Waals surface area contributed by atoms with Crippen molar-refractivity contribution in [2.75, 3.05) is 23.7 Å². The van der Waals surface area contributed by atoms with Gasteiger partial charge >= 0.3 is 0 Å². The highest BCUT2D eigenvalue weighted by Crippen LogP contribution is 2.25.